The summed E-state index contributed by atoms with van der Waals surface area (Å²) in [6.07, 6.45) is 3.91. The minimum Gasteiger partial charge on any atom is -0.448 e. The van der Waals surface area contributed by atoms with Gasteiger partial charge in [0, 0.05) is 12.6 Å². The molecular weight excluding hydrogens is 377 g/mol. The number of ether oxygens (including phenoxy) is 1. The number of aromatic amines is 1. The zero-order valence-electron chi connectivity index (χ0n) is 13.2. The maximum absolute atomic E-state index is 12.3. The molecule has 6 nitrogen and oxygen atoms in total. The number of anilines is 1. The number of esters is 1. The number of carbonyl (C=O) groups excluding carboxylic acids is 2. The molecule has 1 amide bonds. The second-order valence-corrected chi connectivity index (χ2v) is 6.71. The van der Waals surface area contributed by atoms with Gasteiger partial charge in [-0.05, 0) is 37.3 Å². The molecule has 1 aliphatic rings. The third-order valence-electron chi connectivity index (χ3n) is 4.07. The maximum atomic E-state index is 12.3. The van der Waals surface area contributed by atoms with Crippen LogP contribution < -0.4 is 10.7 Å². The Labute approximate surface area is 155 Å². The van der Waals surface area contributed by atoms with Gasteiger partial charge in [-0.25, -0.2) is 4.79 Å². The normalized spacial score (nSPS) is 17.7. The highest BCUT2D eigenvalue weighted by atomic mass is 35.5. The SMILES string of the molecule is CC[C@@H]1CCCCN1C(=O)COC(=O)c1[nH+]c(Cl)c(Cl)c(N)c1Cl. The van der Waals surface area contributed by atoms with Crippen molar-refractivity contribution >= 4 is 52.4 Å². The van der Waals surface area contributed by atoms with E-state index in [1.54, 1.807) is 4.90 Å². The molecule has 1 fully saturated rings. The van der Waals surface area contributed by atoms with Gasteiger partial charge in [-0.1, -0.05) is 30.1 Å². The Bertz CT molecular complexity index is 655. The number of nitrogens with zero attached hydrogens (tertiary/aromatic N) is 1. The number of likely N-dealkylation sites (tertiary alicyclic amines) is 1. The van der Waals surface area contributed by atoms with Gasteiger partial charge < -0.3 is 15.4 Å². The van der Waals surface area contributed by atoms with E-state index < -0.39 is 5.97 Å². The number of piperidine rings is 1. The highest BCUT2D eigenvalue weighted by molar-refractivity contribution is 6.45. The molecule has 0 saturated carbocycles. The molecule has 1 aromatic heterocycles. The van der Waals surface area contributed by atoms with Gasteiger partial charge in [-0.2, -0.15) is 4.98 Å². The van der Waals surface area contributed by atoms with Crippen molar-refractivity contribution in [3.8, 4) is 0 Å². The summed E-state index contributed by atoms with van der Waals surface area (Å²) in [5.41, 5.74) is 5.52. The van der Waals surface area contributed by atoms with Crippen LogP contribution in [0.3, 0.4) is 0 Å². The average Bonchev–Trinajstić information content (AvgIpc) is 2.60. The molecule has 1 aromatic rings. The number of halogens is 3. The van der Waals surface area contributed by atoms with E-state index in [1.807, 2.05) is 6.92 Å². The van der Waals surface area contributed by atoms with Crippen molar-refractivity contribution in [2.24, 2.45) is 0 Å². The number of nitrogens with two attached hydrogens (primary N) is 1. The Balaban J connectivity index is 2.04. The van der Waals surface area contributed by atoms with Crippen LogP contribution in [0.4, 0.5) is 5.69 Å². The number of amides is 1. The van der Waals surface area contributed by atoms with E-state index >= 15 is 0 Å². The van der Waals surface area contributed by atoms with Crippen molar-refractivity contribution in [2.75, 3.05) is 18.9 Å². The van der Waals surface area contributed by atoms with Crippen LogP contribution in [0.2, 0.25) is 15.2 Å². The van der Waals surface area contributed by atoms with Crippen molar-refractivity contribution in [3.05, 3.63) is 20.9 Å². The molecule has 1 aliphatic heterocycles. The first-order valence-electron chi connectivity index (χ1n) is 7.68. The van der Waals surface area contributed by atoms with Gasteiger partial charge in [0.2, 0.25) is 0 Å². The lowest BCUT2D eigenvalue weighted by atomic mass is 10.00. The average molecular weight is 396 g/mol. The smallest absolute Gasteiger partial charge is 0.405 e. The summed E-state index contributed by atoms with van der Waals surface area (Å²) in [5, 5.41) is -0.0985. The van der Waals surface area contributed by atoms with E-state index in [0.717, 1.165) is 25.7 Å². The van der Waals surface area contributed by atoms with Gasteiger partial charge in [0.25, 0.3) is 11.1 Å². The number of nitrogens with one attached hydrogen (secondary N) is 1. The lowest BCUT2D eigenvalue weighted by Gasteiger charge is -2.35. The molecule has 0 aromatic carbocycles. The fourth-order valence-electron chi connectivity index (χ4n) is 2.75. The van der Waals surface area contributed by atoms with Crippen molar-refractivity contribution in [1.29, 1.82) is 0 Å². The highest BCUT2D eigenvalue weighted by Crippen LogP contribution is 2.32. The molecule has 132 valence electrons. The van der Waals surface area contributed by atoms with E-state index in [2.05, 4.69) is 4.98 Å². The summed E-state index contributed by atoms with van der Waals surface area (Å²) in [4.78, 5) is 28.8. The topological polar surface area (TPSA) is 86.8 Å². The number of aromatic nitrogens is 1. The summed E-state index contributed by atoms with van der Waals surface area (Å²) in [5.74, 6) is -1.04. The van der Waals surface area contributed by atoms with E-state index in [9.17, 15) is 9.59 Å². The van der Waals surface area contributed by atoms with Crippen LogP contribution in [0, 0.1) is 0 Å². The van der Waals surface area contributed by atoms with Crippen LogP contribution in [0.1, 0.15) is 43.1 Å². The first kappa shape index (κ1) is 19.1. The van der Waals surface area contributed by atoms with E-state index in [-0.39, 0.29) is 45.1 Å². The number of rotatable bonds is 4. The van der Waals surface area contributed by atoms with Crippen molar-refractivity contribution in [2.45, 2.75) is 38.6 Å². The Kier molecular flexibility index (Phi) is 6.54. The van der Waals surface area contributed by atoms with Crippen LogP contribution in [0.15, 0.2) is 0 Å². The predicted molar refractivity (Wildman–Crippen MR) is 92.4 cm³/mol. The number of pyridine rings is 1. The number of hydrogen-bond donors (Lipinski definition) is 1. The molecule has 1 saturated heterocycles. The van der Waals surface area contributed by atoms with Gasteiger partial charge in [-0.15, -0.1) is 0 Å². The summed E-state index contributed by atoms with van der Waals surface area (Å²) in [6, 6.07) is 0.195. The molecule has 24 heavy (non-hydrogen) atoms. The fourth-order valence-corrected chi connectivity index (χ4v) is 3.35. The third-order valence-corrected chi connectivity index (χ3v) is 5.23. The molecule has 1 atom stereocenters. The Morgan fingerprint density at radius 1 is 1.29 bits per heavy atom. The molecule has 0 radical (unpaired) electrons. The summed E-state index contributed by atoms with van der Waals surface area (Å²) in [6.45, 7) is 2.36. The summed E-state index contributed by atoms with van der Waals surface area (Å²) in [7, 11) is 0. The lowest BCUT2D eigenvalue weighted by Crippen LogP contribution is -2.45. The molecule has 0 unspecified atom stereocenters. The number of H-pyrrole nitrogens is 1. The summed E-state index contributed by atoms with van der Waals surface area (Å²) >= 11 is 17.7. The van der Waals surface area contributed by atoms with Crippen molar-refractivity contribution in [1.82, 2.24) is 4.90 Å². The predicted octanol–water partition coefficient (Wildman–Crippen LogP) is 2.99. The Hall–Kier alpha value is -1.24. The van der Waals surface area contributed by atoms with Gasteiger partial charge >= 0.3 is 11.7 Å². The monoisotopic (exact) mass is 394 g/mol. The van der Waals surface area contributed by atoms with Crippen LogP contribution in [-0.4, -0.2) is 36.0 Å². The van der Waals surface area contributed by atoms with Gasteiger partial charge in [-0.3, -0.25) is 4.79 Å². The second-order valence-electron chi connectivity index (χ2n) is 5.58. The zero-order valence-corrected chi connectivity index (χ0v) is 15.5. The summed E-state index contributed by atoms with van der Waals surface area (Å²) < 4.78 is 5.06. The van der Waals surface area contributed by atoms with Crippen molar-refractivity contribution < 1.29 is 19.3 Å². The Morgan fingerprint density at radius 2 is 2.00 bits per heavy atom. The number of hydrogen-bond acceptors (Lipinski definition) is 4. The molecule has 0 aliphatic carbocycles. The first-order valence-corrected chi connectivity index (χ1v) is 8.82. The van der Waals surface area contributed by atoms with E-state index in [0.29, 0.717) is 6.54 Å². The lowest BCUT2D eigenvalue weighted by molar-refractivity contribution is -0.380. The fraction of sp³-hybridized carbons (Fsp3) is 0.533. The molecule has 0 bridgehead atoms. The van der Waals surface area contributed by atoms with Crippen LogP contribution >= 0.6 is 34.8 Å². The Morgan fingerprint density at radius 3 is 2.67 bits per heavy atom. The standard InChI is InChI=1S/C15H18Cl3N3O3/c1-2-8-5-3-4-6-21(8)9(22)7-24-15(23)13-10(16)12(19)11(17)14(18)20-13/h8H,2-7H2,1H3,(H2,19,20)/p+1/t8-/m1/s1. The zero-order chi connectivity index (χ0) is 17.9. The molecule has 9 heteroatoms. The molecule has 0 spiro atoms. The van der Waals surface area contributed by atoms with Crippen LogP contribution in [-0.2, 0) is 9.53 Å². The third kappa shape index (κ3) is 4.05. The van der Waals surface area contributed by atoms with Crippen molar-refractivity contribution in [3.63, 3.8) is 0 Å². The van der Waals surface area contributed by atoms with Crippen LogP contribution in [0.25, 0.3) is 0 Å². The van der Waals surface area contributed by atoms with Gasteiger partial charge in [0.05, 0.1) is 5.69 Å². The first-order chi connectivity index (χ1) is 11.4. The molecule has 2 rings (SSSR count). The molecule has 3 N–H and O–H groups in total. The van der Waals surface area contributed by atoms with Gasteiger partial charge in [0.1, 0.15) is 10.0 Å². The largest absolute Gasteiger partial charge is 0.448 e. The van der Waals surface area contributed by atoms with Crippen LogP contribution in [0.5, 0.6) is 0 Å². The van der Waals surface area contributed by atoms with E-state index in [4.69, 9.17) is 45.3 Å². The van der Waals surface area contributed by atoms with Gasteiger partial charge in [0.15, 0.2) is 6.61 Å². The number of nitrogen functional groups attached to an aromatic ring is 1. The number of carbonyl (C=O) groups is 2. The van der Waals surface area contributed by atoms with E-state index in [1.165, 1.54) is 0 Å². The minimum atomic E-state index is -0.816. The maximum Gasteiger partial charge on any atom is 0.405 e. The second kappa shape index (κ2) is 8.23. The highest BCUT2D eigenvalue weighted by Gasteiger charge is 2.30. The molecular formula is C15H19Cl3N3O3+. The molecule has 2 heterocycles. The minimum absolute atomic E-state index is 0.0217. The quantitative estimate of drug-likeness (QED) is 0.627.